The third kappa shape index (κ3) is 15.9. The average molecular weight is 936 g/mol. The number of hydrogen-bond donors (Lipinski definition) is 10. The van der Waals surface area contributed by atoms with Crippen molar-refractivity contribution in [1.29, 1.82) is 0 Å². The minimum Gasteiger partial charge on any atom is -0.508 e. The van der Waals surface area contributed by atoms with Gasteiger partial charge in [0.1, 0.15) is 5.75 Å². The number of benzene rings is 1. The van der Waals surface area contributed by atoms with Gasteiger partial charge in [-0.3, -0.25) is 38.4 Å². The molecule has 11 N–H and O–H groups in total. The van der Waals surface area contributed by atoms with Crippen LogP contribution in [0.1, 0.15) is 117 Å². The first-order chi connectivity index (χ1) is 31.9. The normalized spacial score (nSPS) is 26.0. The Morgan fingerprint density at radius 2 is 1.16 bits per heavy atom. The lowest BCUT2D eigenvalue weighted by Crippen LogP contribution is -2.52. The molecule has 1 saturated heterocycles. The van der Waals surface area contributed by atoms with E-state index in [9.17, 15) is 43.5 Å². The predicted octanol–water partition coefficient (Wildman–Crippen LogP) is 1.43. The summed E-state index contributed by atoms with van der Waals surface area (Å²) in [6.45, 7) is 10.4. The molecule has 18 nitrogen and oxygen atoms in total. The van der Waals surface area contributed by atoms with Crippen LogP contribution >= 0.6 is 0 Å². The third-order valence-corrected chi connectivity index (χ3v) is 14.0. The average Bonchev–Trinajstić information content (AvgIpc) is 4.10. The van der Waals surface area contributed by atoms with Crippen molar-refractivity contribution in [3.8, 4) is 5.75 Å². The number of phenolic OH excluding ortho intramolecular Hbond substituents is 1. The van der Waals surface area contributed by atoms with E-state index < -0.39 is 53.6 Å². The van der Waals surface area contributed by atoms with Gasteiger partial charge in [0.25, 0.3) is 0 Å². The van der Waals surface area contributed by atoms with Crippen LogP contribution < -0.4 is 48.3 Å². The Labute approximate surface area is 395 Å². The molecule has 0 radical (unpaired) electrons. The minimum atomic E-state index is -0.674. The van der Waals surface area contributed by atoms with Crippen LogP contribution in [0.5, 0.6) is 5.75 Å². The molecule has 8 unspecified atom stereocenters. The second-order valence-electron chi connectivity index (χ2n) is 20.4. The van der Waals surface area contributed by atoms with E-state index in [2.05, 4.69) is 42.5 Å². The fourth-order valence-electron chi connectivity index (χ4n) is 10.6. The molecule has 67 heavy (non-hydrogen) atoms. The lowest BCUT2D eigenvalue weighted by atomic mass is 9.93. The van der Waals surface area contributed by atoms with Gasteiger partial charge < -0.3 is 53.4 Å². The molecular formula is C49H77N9O9. The maximum Gasteiger partial charge on any atom is 0.226 e. The highest BCUT2D eigenvalue weighted by Gasteiger charge is 2.41. The van der Waals surface area contributed by atoms with Gasteiger partial charge in [0.05, 0.1) is 41.5 Å². The molecule has 11 atom stereocenters. The first kappa shape index (κ1) is 52.7. The van der Waals surface area contributed by atoms with E-state index in [1.54, 1.807) is 12.1 Å². The summed E-state index contributed by atoms with van der Waals surface area (Å²) in [4.78, 5) is 106. The SMILES string of the molecule is CC(=O)NC1CCCC1C(=O)NC[C@H](CC(C)C)C(=O)NC1CCCC1C(=O)NC1CCCC1C(=O)N[C@H](CC(=O)NC1CNCC1C(=O)NC[C@H](Cc1ccc(O)cc1)C(N)=O)CC(C)C. The van der Waals surface area contributed by atoms with Crippen molar-refractivity contribution in [2.75, 3.05) is 26.2 Å². The van der Waals surface area contributed by atoms with Crippen LogP contribution in [-0.2, 0) is 44.8 Å². The standard InChI is InChI=1S/C49H77N9O9/c1-27(2)19-32(24-53-46(64)35-9-6-12-39(35)54-29(5)59)45(63)57-40-13-8-11-37(40)49(67)58-41-14-7-10-36(41)48(66)55-33(20-28(3)4)22-43(61)56-42-26-51-25-38(42)47(65)52-23-31(44(50)62)21-30-15-17-34(60)18-16-30/h15-18,27-28,31-33,35-42,51,60H,6-14,19-26H2,1-5H3,(H2,50,62)(H,52,65)(H,53,64)(H,54,59)(H,55,66)(H,56,61)(H,57,63)(H,58,67)/t31-,32-,33-,35?,36?,37?,38?,39?,40?,41?,42?/m0/s1. The molecule has 1 heterocycles. The third-order valence-electron chi connectivity index (χ3n) is 14.0. The van der Waals surface area contributed by atoms with Gasteiger partial charge in [-0.1, -0.05) is 59.1 Å². The van der Waals surface area contributed by atoms with Crippen molar-refractivity contribution < 1.29 is 43.5 Å². The Kier molecular flexibility index (Phi) is 19.8. The highest BCUT2D eigenvalue weighted by Crippen LogP contribution is 2.31. The summed E-state index contributed by atoms with van der Waals surface area (Å²) in [5, 5.41) is 33.9. The fraction of sp³-hybridized carbons (Fsp3) is 0.714. The number of nitrogens with two attached hydrogens (primary N) is 1. The number of nitrogens with one attached hydrogen (secondary N) is 8. The van der Waals surface area contributed by atoms with Gasteiger partial charge in [0.2, 0.25) is 47.3 Å². The molecule has 3 saturated carbocycles. The minimum absolute atomic E-state index is 0.00199. The van der Waals surface area contributed by atoms with Crippen LogP contribution in [0.2, 0.25) is 0 Å². The summed E-state index contributed by atoms with van der Waals surface area (Å²) in [7, 11) is 0. The van der Waals surface area contributed by atoms with E-state index in [1.165, 1.54) is 19.1 Å². The molecule has 1 aliphatic heterocycles. The van der Waals surface area contributed by atoms with Crippen LogP contribution in [0.4, 0.5) is 0 Å². The van der Waals surface area contributed by atoms with Crippen molar-refractivity contribution in [2.45, 2.75) is 148 Å². The summed E-state index contributed by atoms with van der Waals surface area (Å²) in [5.74, 6) is -4.80. The predicted molar refractivity (Wildman–Crippen MR) is 251 cm³/mol. The molecule has 1 aromatic carbocycles. The molecule has 0 bridgehead atoms. The Bertz CT molecular complexity index is 1890. The maximum atomic E-state index is 13.9. The fourth-order valence-corrected chi connectivity index (χ4v) is 10.6. The molecule has 4 aliphatic rings. The van der Waals surface area contributed by atoms with Crippen molar-refractivity contribution >= 4 is 47.3 Å². The summed E-state index contributed by atoms with van der Waals surface area (Å²) in [6.07, 6.45) is 7.55. The van der Waals surface area contributed by atoms with E-state index >= 15 is 0 Å². The second-order valence-corrected chi connectivity index (χ2v) is 20.4. The van der Waals surface area contributed by atoms with Gasteiger partial charge in [0.15, 0.2) is 0 Å². The lowest BCUT2D eigenvalue weighted by Gasteiger charge is -2.28. The summed E-state index contributed by atoms with van der Waals surface area (Å²) in [6, 6.07) is 4.41. The van der Waals surface area contributed by atoms with Crippen LogP contribution in [0, 0.1) is 47.3 Å². The van der Waals surface area contributed by atoms with Gasteiger partial charge in [-0.05, 0) is 87.3 Å². The molecule has 5 rings (SSSR count). The molecule has 18 heteroatoms. The number of carbonyl (C=O) groups is 8. The largest absolute Gasteiger partial charge is 0.508 e. The molecule has 4 fully saturated rings. The van der Waals surface area contributed by atoms with Gasteiger partial charge in [0, 0.05) is 63.7 Å². The zero-order valence-corrected chi connectivity index (χ0v) is 40.1. The molecule has 372 valence electrons. The van der Waals surface area contributed by atoms with Crippen LogP contribution in [0.15, 0.2) is 24.3 Å². The molecular weight excluding hydrogens is 859 g/mol. The first-order valence-corrected chi connectivity index (χ1v) is 24.7. The molecule has 1 aromatic rings. The number of carbonyl (C=O) groups excluding carboxylic acids is 8. The van der Waals surface area contributed by atoms with Crippen LogP contribution in [0.25, 0.3) is 0 Å². The zero-order chi connectivity index (χ0) is 48.8. The Morgan fingerprint density at radius 1 is 0.627 bits per heavy atom. The van der Waals surface area contributed by atoms with Crippen molar-refractivity contribution in [1.82, 2.24) is 42.5 Å². The highest BCUT2D eigenvalue weighted by atomic mass is 16.3. The lowest BCUT2D eigenvalue weighted by molar-refractivity contribution is -0.130. The van der Waals surface area contributed by atoms with E-state index in [0.717, 1.165) is 31.2 Å². The number of phenols is 1. The first-order valence-electron chi connectivity index (χ1n) is 24.7. The van der Waals surface area contributed by atoms with Crippen molar-refractivity contribution in [3.05, 3.63) is 29.8 Å². The van der Waals surface area contributed by atoms with E-state index in [1.807, 2.05) is 27.7 Å². The topological polar surface area (TPSA) is 279 Å². The van der Waals surface area contributed by atoms with Crippen LogP contribution in [0.3, 0.4) is 0 Å². The smallest absolute Gasteiger partial charge is 0.226 e. The highest BCUT2D eigenvalue weighted by molar-refractivity contribution is 5.87. The number of aromatic hydroxyl groups is 1. The van der Waals surface area contributed by atoms with E-state index in [0.29, 0.717) is 58.0 Å². The molecule has 0 aromatic heterocycles. The Morgan fingerprint density at radius 3 is 1.75 bits per heavy atom. The Balaban J connectivity index is 1.11. The van der Waals surface area contributed by atoms with Gasteiger partial charge in [-0.2, -0.15) is 0 Å². The van der Waals surface area contributed by atoms with Gasteiger partial charge in [-0.25, -0.2) is 0 Å². The van der Waals surface area contributed by atoms with Gasteiger partial charge in [-0.15, -0.1) is 0 Å². The molecule has 3 aliphatic carbocycles. The number of primary amides is 1. The zero-order valence-electron chi connectivity index (χ0n) is 40.1. The van der Waals surface area contributed by atoms with Crippen molar-refractivity contribution in [2.24, 2.45) is 53.1 Å². The summed E-state index contributed by atoms with van der Waals surface area (Å²) in [5.41, 5.74) is 6.43. The summed E-state index contributed by atoms with van der Waals surface area (Å²) >= 11 is 0. The van der Waals surface area contributed by atoms with Crippen LogP contribution in [-0.4, -0.2) is 109 Å². The second kappa shape index (κ2) is 25.2. The number of amides is 8. The van der Waals surface area contributed by atoms with Gasteiger partial charge >= 0.3 is 0 Å². The molecule has 0 spiro atoms. The number of rotatable bonds is 23. The monoisotopic (exact) mass is 936 g/mol. The van der Waals surface area contributed by atoms with E-state index in [4.69, 9.17) is 5.73 Å². The van der Waals surface area contributed by atoms with E-state index in [-0.39, 0.29) is 103 Å². The molecule has 8 amide bonds. The number of hydrogen-bond acceptors (Lipinski definition) is 10. The summed E-state index contributed by atoms with van der Waals surface area (Å²) < 4.78 is 0. The maximum absolute atomic E-state index is 13.9. The quantitative estimate of drug-likeness (QED) is 0.0754. The van der Waals surface area contributed by atoms with Crippen molar-refractivity contribution in [3.63, 3.8) is 0 Å². The Hall–Kier alpha value is -5.26.